The van der Waals surface area contributed by atoms with Gasteiger partial charge in [-0.15, -0.1) is 0 Å². The highest BCUT2D eigenvalue weighted by Crippen LogP contribution is 2.30. The Balaban J connectivity index is 1.43. The van der Waals surface area contributed by atoms with E-state index in [4.69, 9.17) is 4.42 Å². The number of piperazine rings is 2. The van der Waals surface area contributed by atoms with Crippen molar-refractivity contribution in [2.45, 2.75) is 19.0 Å². The van der Waals surface area contributed by atoms with Crippen LogP contribution < -0.4 is 5.32 Å². The number of carbonyl (C=O) groups is 1. The number of halogens is 1. The molecule has 0 spiro atoms. The Morgan fingerprint density at radius 3 is 2.77 bits per heavy atom. The molecule has 3 heterocycles. The van der Waals surface area contributed by atoms with Gasteiger partial charge >= 0.3 is 0 Å². The van der Waals surface area contributed by atoms with Crippen molar-refractivity contribution < 1.29 is 13.6 Å². The number of fused-ring (bicyclic) bond motifs is 2. The molecule has 3 aromatic rings. The Kier molecular flexibility index (Phi) is 4.79. The molecule has 0 radical (unpaired) electrons. The zero-order valence-corrected chi connectivity index (χ0v) is 16.7. The van der Waals surface area contributed by atoms with Crippen LogP contribution in [0.2, 0.25) is 0 Å². The molecule has 2 aliphatic heterocycles. The first-order chi connectivity index (χ1) is 14.6. The van der Waals surface area contributed by atoms with Crippen molar-refractivity contribution in [1.82, 2.24) is 15.1 Å². The van der Waals surface area contributed by atoms with Gasteiger partial charge in [-0.3, -0.25) is 9.69 Å². The Hall–Kier alpha value is -3.12. The molecular formula is C24H24FN3O2. The third-order valence-corrected chi connectivity index (χ3v) is 6.08. The largest absolute Gasteiger partial charge is 0.460 e. The average Bonchev–Trinajstić information content (AvgIpc) is 3.09. The number of furan rings is 1. The summed E-state index contributed by atoms with van der Waals surface area (Å²) < 4.78 is 19.5. The highest BCUT2D eigenvalue weighted by molar-refractivity contribution is 5.84. The number of hydrogen-bond acceptors (Lipinski definition) is 4. The maximum Gasteiger partial charge on any atom is 0.244 e. The van der Waals surface area contributed by atoms with Crippen LogP contribution in [-0.2, 0) is 17.8 Å². The van der Waals surface area contributed by atoms with Crippen LogP contribution in [0.25, 0.3) is 11.0 Å². The predicted molar refractivity (Wildman–Crippen MR) is 113 cm³/mol. The fraction of sp³-hybridized carbons (Fsp3) is 0.292. The second-order valence-corrected chi connectivity index (χ2v) is 8.03. The fourth-order valence-corrected chi connectivity index (χ4v) is 4.47. The van der Waals surface area contributed by atoms with E-state index in [-0.39, 0.29) is 17.8 Å². The fourth-order valence-electron chi connectivity index (χ4n) is 4.47. The summed E-state index contributed by atoms with van der Waals surface area (Å²) in [5.41, 5.74) is 3.97. The van der Waals surface area contributed by atoms with Crippen molar-refractivity contribution in [2.75, 3.05) is 26.2 Å². The van der Waals surface area contributed by atoms with Crippen LogP contribution in [-0.4, -0.2) is 47.9 Å². The lowest BCUT2D eigenvalue weighted by Gasteiger charge is -2.45. The summed E-state index contributed by atoms with van der Waals surface area (Å²) in [7, 11) is 0. The zero-order valence-electron chi connectivity index (χ0n) is 16.7. The Morgan fingerprint density at radius 2 is 1.93 bits per heavy atom. The van der Waals surface area contributed by atoms with E-state index in [1.54, 1.807) is 12.1 Å². The predicted octanol–water partition coefficient (Wildman–Crippen LogP) is 3.29. The molecule has 1 atom stereocenters. The van der Waals surface area contributed by atoms with Crippen molar-refractivity contribution in [3.05, 3.63) is 83.5 Å². The van der Waals surface area contributed by atoms with Crippen LogP contribution in [0.3, 0.4) is 0 Å². The minimum absolute atomic E-state index is 0.0655. The average molecular weight is 405 g/mol. The quantitative estimate of drug-likeness (QED) is 0.724. The molecule has 2 aliphatic rings. The summed E-state index contributed by atoms with van der Waals surface area (Å²) in [6.07, 6.45) is 0.602. The van der Waals surface area contributed by atoms with Gasteiger partial charge in [-0.1, -0.05) is 36.9 Å². The van der Waals surface area contributed by atoms with Gasteiger partial charge in [0.25, 0.3) is 0 Å². The number of nitrogens with zero attached hydrogens (tertiary/aromatic N) is 2. The lowest BCUT2D eigenvalue weighted by molar-refractivity contribution is -0.130. The van der Waals surface area contributed by atoms with Crippen LogP contribution in [0.15, 0.2) is 65.2 Å². The van der Waals surface area contributed by atoms with Crippen LogP contribution in [0, 0.1) is 5.82 Å². The Labute approximate surface area is 174 Å². The number of nitrogens with one attached hydrogen (secondary N) is 1. The van der Waals surface area contributed by atoms with Crippen molar-refractivity contribution in [3.63, 3.8) is 0 Å². The van der Waals surface area contributed by atoms with Crippen molar-refractivity contribution >= 4 is 16.9 Å². The summed E-state index contributed by atoms with van der Waals surface area (Å²) >= 11 is 0. The molecule has 1 aromatic heterocycles. The summed E-state index contributed by atoms with van der Waals surface area (Å²) in [5, 5.41) is 4.02. The van der Waals surface area contributed by atoms with Crippen molar-refractivity contribution in [1.29, 1.82) is 0 Å². The minimum Gasteiger partial charge on any atom is -0.460 e. The van der Waals surface area contributed by atoms with Gasteiger partial charge in [0.1, 0.15) is 23.2 Å². The number of benzene rings is 2. The lowest BCUT2D eigenvalue weighted by Crippen LogP contribution is -2.62. The summed E-state index contributed by atoms with van der Waals surface area (Å²) in [6, 6.07) is 14.4. The van der Waals surface area contributed by atoms with Gasteiger partial charge in [-0.25, -0.2) is 4.39 Å². The summed E-state index contributed by atoms with van der Waals surface area (Å²) in [4.78, 5) is 16.8. The molecule has 30 heavy (non-hydrogen) atoms. The number of rotatable bonds is 4. The van der Waals surface area contributed by atoms with E-state index in [9.17, 15) is 9.18 Å². The smallest absolute Gasteiger partial charge is 0.244 e. The molecule has 1 amide bonds. The molecular weight excluding hydrogens is 381 g/mol. The molecule has 2 saturated heterocycles. The number of amides is 1. The van der Waals surface area contributed by atoms with Crippen molar-refractivity contribution in [3.8, 4) is 0 Å². The molecule has 154 valence electrons. The maximum atomic E-state index is 13.3. The number of para-hydroxylation sites is 1. The zero-order chi connectivity index (χ0) is 20.7. The van der Waals surface area contributed by atoms with E-state index in [2.05, 4.69) is 27.8 Å². The second kappa shape index (κ2) is 7.61. The highest BCUT2D eigenvalue weighted by Gasteiger charge is 2.36. The van der Waals surface area contributed by atoms with E-state index < -0.39 is 0 Å². The van der Waals surface area contributed by atoms with Crippen molar-refractivity contribution in [2.24, 2.45) is 0 Å². The van der Waals surface area contributed by atoms with Crippen LogP contribution >= 0.6 is 0 Å². The SMILES string of the molecule is C=C1CNC(=O)C2CN(Cc3c(Cc4ccc(F)cc4)oc4ccccc34)CCN12. The second-order valence-electron chi connectivity index (χ2n) is 8.03. The van der Waals surface area contributed by atoms with Gasteiger partial charge in [0.2, 0.25) is 5.91 Å². The van der Waals surface area contributed by atoms with Crippen LogP contribution in [0.5, 0.6) is 0 Å². The molecule has 0 saturated carbocycles. The maximum absolute atomic E-state index is 13.3. The van der Waals surface area contributed by atoms with E-state index in [0.717, 1.165) is 46.6 Å². The molecule has 1 N–H and O–H groups in total. The molecule has 6 heteroatoms. The molecule has 2 fully saturated rings. The summed E-state index contributed by atoms with van der Waals surface area (Å²) in [6.45, 7) is 7.63. The number of carbonyl (C=O) groups excluding carboxylic acids is 1. The molecule has 5 nitrogen and oxygen atoms in total. The first-order valence-corrected chi connectivity index (χ1v) is 10.3. The van der Waals surface area contributed by atoms with Gasteiger partial charge in [0.05, 0.1) is 6.54 Å². The normalized spacial score (nSPS) is 19.8. The van der Waals surface area contributed by atoms with Gasteiger partial charge in [0, 0.05) is 49.2 Å². The van der Waals surface area contributed by atoms with E-state index >= 15 is 0 Å². The van der Waals surface area contributed by atoms with E-state index in [1.807, 2.05) is 18.2 Å². The van der Waals surface area contributed by atoms with Gasteiger partial charge < -0.3 is 14.6 Å². The standard InChI is InChI=1S/C24H24FN3O2/c1-16-13-26-24(29)21-15-27(10-11-28(16)21)14-20-19-4-2-3-5-22(19)30-23(20)12-17-6-8-18(25)9-7-17/h2-9,21H,1,10-15H2,(H,26,29). The topological polar surface area (TPSA) is 48.7 Å². The Morgan fingerprint density at radius 1 is 1.13 bits per heavy atom. The van der Waals surface area contributed by atoms with Gasteiger partial charge in [0.15, 0.2) is 0 Å². The minimum atomic E-state index is -0.242. The third-order valence-electron chi connectivity index (χ3n) is 6.08. The van der Waals surface area contributed by atoms with E-state index in [1.165, 1.54) is 12.1 Å². The van der Waals surface area contributed by atoms with Gasteiger partial charge in [-0.05, 0) is 23.8 Å². The van der Waals surface area contributed by atoms with Crippen LogP contribution in [0.1, 0.15) is 16.9 Å². The first kappa shape index (κ1) is 18.9. The first-order valence-electron chi connectivity index (χ1n) is 10.3. The molecule has 5 rings (SSSR count). The molecule has 0 bridgehead atoms. The molecule has 2 aromatic carbocycles. The highest BCUT2D eigenvalue weighted by atomic mass is 19.1. The van der Waals surface area contributed by atoms with Gasteiger partial charge in [-0.2, -0.15) is 0 Å². The third kappa shape index (κ3) is 3.48. The lowest BCUT2D eigenvalue weighted by atomic mass is 10.0. The Bertz CT molecular complexity index is 1110. The summed E-state index contributed by atoms with van der Waals surface area (Å²) in [5.74, 6) is 0.715. The monoisotopic (exact) mass is 405 g/mol. The molecule has 0 aliphatic carbocycles. The van der Waals surface area contributed by atoms with Crippen LogP contribution in [0.4, 0.5) is 4.39 Å². The molecule has 1 unspecified atom stereocenters. The number of hydrogen-bond donors (Lipinski definition) is 1. The van der Waals surface area contributed by atoms with E-state index in [0.29, 0.717) is 26.1 Å².